The number of phenolic OH excluding ortho intramolecular Hbond substituents is 1. The van der Waals surface area contributed by atoms with E-state index in [4.69, 9.17) is 27.1 Å². The molecule has 5 nitrogen and oxygen atoms in total. The Balaban J connectivity index is 2.12. The molecule has 2 rings (SSSR count). The highest BCUT2D eigenvalue weighted by molar-refractivity contribution is 7.99. The van der Waals surface area contributed by atoms with Crippen LogP contribution in [0.2, 0.25) is 5.02 Å². The van der Waals surface area contributed by atoms with Gasteiger partial charge in [0.1, 0.15) is 5.75 Å². The normalized spacial score (nSPS) is 14.4. The molecule has 0 radical (unpaired) electrons. The molecule has 0 heterocycles. The number of nitrogens with two attached hydrogens (primary N) is 1. The van der Waals surface area contributed by atoms with Gasteiger partial charge in [-0.05, 0) is 61.6 Å². The summed E-state index contributed by atoms with van der Waals surface area (Å²) in [6.07, 6.45) is -2.29. The van der Waals surface area contributed by atoms with Crippen LogP contribution in [-0.2, 0) is 17.2 Å². The van der Waals surface area contributed by atoms with Crippen molar-refractivity contribution in [1.29, 1.82) is 0 Å². The average Bonchev–Trinajstić information content (AvgIpc) is 2.66. The van der Waals surface area contributed by atoms with Crippen molar-refractivity contribution in [2.24, 2.45) is 5.73 Å². The molecule has 11 heteroatoms. The summed E-state index contributed by atoms with van der Waals surface area (Å²) < 4.78 is 50.1. The number of hydrogen-bond donors (Lipinski definition) is 4. The molecule has 0 aliphatic rings. The fraction of sp³-hybridized carbons (Fsp3) is 0.429. The third-order valence-corrected chi connectivity index (χ3v) is 7.28. The fourth-order valence-corrected chi connectivity index (χ4v) is 5.32. The number of aromatic hydroxyl groups is 1. The van der Waals surface area contributed by atoms with E-state index in [2.05, 4.69) is 0 Å². The third-order valence-electron chi connectivity index (χ3n) is 5.08. The first-order chi connectivity index (χ1) is 14.7. The van der Waals surface area contributed by atoms with E-state index in [9.17, 15) is 22.8 Å². The lowest BCUT2D eigenvalue weighted by Crippen LogP contribution is -2.41. The van der Waals surface area contributed by atoms with Gasteiger partial charge in [-0.25, -0.2) is 0 Å². The number of alkyl halides is 3. The molecule has 178 valence electrons. The summed E-state index contributed by atoms with van der Waals surface area (Å²) in [6.45, 7) is 1.95. The second-order valence-corrected chi connectivity index (χ2v) is 11.1. The Morgan fingerprint density at radius 1 is 1.09 bits per heavy atom. The largest absolute Gasteiger partial charge is 0.507 e. The summed E-state index contributed by atoms with van der Waals surface area (Å²) in [6, 6.07) is 7.75. The summed E-state index contributed by atoms with van der Waals surface area (Å²) in [5.74, 6) is -0.263. The van der Waals surface area contributed by atoms with Crippen LogP contribution in [0.25, 0.3) is 0 Å². The van der Waals surface area contributed by atoms with Crippen molar-refractivity contribution in [3.05, 3.63) is 52.5 Å². The SMILES string of the molecule is CCC[C@](N)(CCc1ccc(Sc2cc(C(F)(F)F)ccc2O)cc1Cl)CCP(=O)(O)O. The molecule has 0 saturated heterocycles. The van der Waals surface area contributed by atoms with Crippen LogP contribution < -0.4 is 5.73 Å². The third kappa shape index (κ3) is 8.28. The lowest BCUT2D eigenvalue weighted by molar-refractivity contribution is -0.137. The van der Waals surface area contributed by atoms with Gasteiger partial charge in [-0.2, -0.15) is 13.2 Å². The van der Waals surface area contributed by atoms with Crippen LogP contribution in [0.3, 0.4) is 0 Å². The highest BCUT2D eigenvalue weighted by Gasteiger charge is 2.31. The summed E-state index contributed by atoms with van der Waals surface area (Å²) in [5, 5.41) is 10.3. The molecule has 2 aromatic carbocycles. The van der Waals surface area contributed by atoms with Gasteiger partial charge >= 0.3 is 13.8 Å². The lowest BCUT2D eigenvalue weighted by Gasteiger charge is -2.30. The van der Waals surface area contributed by atoms with E-state index in [1.807, 2.05) is 6.92 Å². The van der Waals surface area contributed by atoms with Crippen LogP contribution >= 0.6 is 31.0 Å². The van der Waals surface area contributed by atoms with Crippen molar-refractivity contribution < 1.29 is 32.6 Å². The highest BCUT2D eigenvalue weighted by atomic mass is 35.5. The zero-order valence-electron chi connectivity index (χ0n) is 17.4. The Hall–Kier alpha value is -1.22. The van der Waals surface area contributed by atoms with Gasteiger partial charge in [-0.1, -0.05) is 42.8 Å². The first-order valence-corrected chi connectivity index (χ1v) is 12.9. The van der Waals surface area contributed by atoms with Crippen LogP contribution in [0.15, 0.2) is 46.2 Å². The molecule has 32 heavy (non-hydrogen) atoms. The molecule has 0 bridgehead atoms. The zero-order valence-corrected chi connectivity index (χ0v) is 19.9. The quantitative estimate of drug-likeness (QED) is 0.283. The second-order valence-electron chi connectivity index (χ2n) is 7.79. The van der Waals surface area contributed by atoms with Gasteiger partial charge in [0.2, 0.25) is 0 Å². The van der Waals surface area contributed by atoms with E-state index in [0.717, 1.165) is 41.9 Å². The minimum atomic E-state index is -4.52. The summed E-state index contributed by atoms with van der Waals surface area (Å²) in [5.41, 5.74) is 5.58. The van der Waals surface area contributed by atoms with E-state index in [-0.39, 0.29) is 23.2 Å². The standard InChI is InChI=1S/C21H26ClF3NO4PS/c1-2-8-20(26,10-11-31(28,29)30)9-7-14-3-5-16(13-17(14)22)32-19-12-15(21(23,24)25)4-6-18(19)27/h3-6,12-13,27H,2,7-11,26H2,1H3,(H2,28,29,30)/t20-/m0/s1. The Kier molecular flexibility index (Phi) is 9.13. The van der Waals surface area contributed by atoms with Crippen LogP contribution in [0, 0.1) is 0 Å². The number of phenols is 1. The summed E-state index contributed by atoms with van der Waals surface area (Å²) >= 11 is 7.34. The van der Waals surface area contributed by atoms with Crippen molar-refractivity contribution in [2.75, 3.05) is 6.16 Å². The van der Waals surface area contributed by atoms with Crippen molar-refractivity contribution in [3.63, 3.8) is 0 Å². The van der Waals surface area contributed by atoms with Gasteiger partial charge in [0.05, 0.1) is 16.6 Å². The number of benzene rings is 2. The van der Waals surface area contributed by atoms with Crippen molar-refractivity contribution in [1.82, 2.24) is 0 Å². The monoisotopic (exact) mass is 511 g/mol. The maximum Gasteiger partial charge on any atom is 0.416 e. The molecule has 0 saturated carbocycles. The molecule has 5 N–H and O–H groups in total. The van der Waals surface area contributed by atoms with Crippen LogP contribution in [0.1, 0.15) is 43.7 Å². The molecule has 0 aliphatic carbocycles. The zero-order chi connectivity index (χ0) is 24.2. The lowest BCUT2D eigenvalue weighted by atomic mass is 9.85. The minimum Gasteiger partial charge on any atom is -0.507 e. The predicted octanol–water partition coefficient (Wildman–Crippen LogP) is 6.21. The topological polar surface area (TPSA) is 104 Å². The molecule has 0 fully saturated rings. The van der Waals surface area contributed by atoms with E-state index >= 15 is 0 Å². The number of aryl methyl sites for hydroxylation is 1. The molecule has 0 spiro atoms. The smallest absolute Gasteiger partial charge is 0.416 e. The van der Waals surface area contributed by atoms with Crippen LogP contribution in [-0.4, -0.2) is 26.6 Å². The van der Waals surface area contributed by atoms with E-state index in [0.29, 0.717) is 29.2 Å². The van der Waals surface area contributed by atoms with E-state index in [1.54, 1.807) is 18.2 Å². The highest BCUT2D eigenvalue weighted by Crippen LogP contribution is 2.41. The number of halogens is 4. The second kappa shape index (κ2) is 10.8. The van der Waals surface area contributed by atoms with E-state index < -0.39 is 24.9 Å². The molecule has 0 amide bonds. The summed E-state index contributed by atoms with van der Waals surface area (Å²) in [7, 11) is -4.15. The van der Waals surface area contributed by atoms with E-state index in [1.165, 1.54) is 0 Å². The van der Waals surface area contributed by atoms with Crippen molar-refractivity contribution >= 4 is 31.0 Å². The first-order valence-electron chi connectivity index (χ1n) is 9.92. The Morgan fingerprint density at radius 3 is 2.34 bits per heavy atom. The van der Waals surface area contributed by atoms with Crippen LogP contribution in [0.5, 0.6) is 5.75 Å². The maximum absolute atomic E-state index is 12.9. The Bertz CT molecular complexity index is 986. The first kappa shape index (κ1) is 27.0. The Morgan fingerprint density at radius 2 is 1.78 bits per heavy atom. The molecular weight excluding hydrogens is 486 g/mol. The van der Waals surface area contributed by atoms with Gasteiger partial charge in [0.25, 0.3) is 0 Å². The molecule has 0 aliphatic heterocycles. The van der Waals surface area contributed by atoms with Gasteiger partial charge in [0.15, 0.2) is 0 Å². The summed E-state index contributed by atoms with van der Waals surface area (Å²) in [4.78, 5) is 18.9. The van der Waals surface area contributed by atoms with Crippen LogP contribution in [0.4, 0.5) is 13.2 Å². The fourth-order valence-electron chi connectivity index (χ4n) is 3.32. The molecule has 2 aromatic rings. The van der Waals surface area contributed by atoms with Crippen molar-refractivity contribution in [2.45, 2.75) is 60.5 Å². The minimum absolute atomic E-state index is 0.0602. The maximum atomic E-state index is 12.9. The van der Waals surface area contributed by atoms with Crippen molar-refractivity contribution in [3.8, 4) is 5.75 Å². The number of rotatable bonds is 10. The van der Waals surface area contributed by atoms with Gasteiger partial charge in [-0.3, -0.25) is 4.57 Å². The Labute approximate surface area is 194 Å². The number of hydrogen-bond acceptors (Lipinski definition) is 4. The van der Waals surface area contributed by atoms with Gasteiger partial charge in [0, 0.05) is 15.5 Å². The average molecular weight is 512 g/mol. The predicted molar refractivity (Wildman–Crippen MR) is 120 cm³/mol. The molecule has 1 atom stereocenters. The molecule has 0 aromatic heterocycles. The molecular formula is C21H26ClF3NO4PS. The van der Waals surface area contributed by atoms with Gasteiger partial charge < -0.3 is 20.6 Å². The van der Waals surface area contributed by atoms with Gasteiger partial charge in [-0.15, -0.1) is 0 Å². The molecule has 0 unspecified atom stereocenters.